The zero-order valence-corrected chi connectivity index (χ0v) is 13.3. The van der Waals surface area contributed by atoms with Gasteiger partial charge in [-0.2, -0.15) is 0 Å². The summed E-state index contributed by atoms with van der Waals surface area (Å²) in [6.45, 7) is 4.43. The SMILES string of the molecule is CC(C)CNC(CC(=O)Nc1cc(Cl)ccc1Cl)C(=O)O. The fourth-order valence-electron chi connectivity index (χ4n) is 1.60. The third kappa shape index (κ3) is 6.33. The summed E-state index contributed by atoms with van der Waals surface area (Å²) >= 11 is 11.8. The Kier molecular flexibility index (Phi) is 6.95. The first kappa shape index (κ1) is 17.8. The predicted octanol–water partition coefficient (Wildman–Crippen LogP) is 3.02. The molecule has 1 aromatic carbocycles. The standard InChI is InChI=1S/C14H18Cl2N2O3/c1-8(2)7-17-12(14(20)21)6-13(19)18-11-5-9(15)3-4-10(11)16/h3-5,8,12,17H,6-7H2,1-2H3,(H,18,19)(H,20,21). The van der Waals surface area contributed by atoms with Crippen LogP contribution in [0.2, 0.25) is 10.0 Å². The van der Waals surface area contributed by atoms with E-state index in [-0.39, 0.29) is 12.3 Å². The molecule has 0 heterocycles. The average Bonchev–Trinajstić information content (AvgIpc) is 2.38. The molecule has 1 rings (SSSR count). The van der Waals surface area contributed by atoms with Crippen molar-refractivity contribution in [2.75, 3.05) is 11.9 Å². The van der Waals surface area contributed by atoms with E-state index in [0.717, 1.165) is 0 Å². The number of halogens is 2. The van der Waals surface area contributed by atoms with Gasteiger partial charge in [-0.05, 0) is 30.7 Å². The van der Waals surface area contributed by atoms with Crippen LogP contribution in [0.1, 0.15) is 20.3 Å². The minimum atomic E-state index is -1.07. The molecule has 1 atom stereocenters. The number of hydrogen-bond acceptors (Lipinski definition) is 3. The van der Waals surface area contributed by atoms with Crippen LogP contribution in [0.4, 0.5) is 5.69 Å². The number of benzene rings is 1. The minimum absolute atomic E-state index is 0.190. The molecule has 0 saturated carbocycles. The van der Waals surface area contributed by atoms with Crippen molar-refractivity contribution >= 4 is 40.8 Å². The maximum Gasteiger partial charge on any atom is 0.321 e. The molecule has 3 N–H and O–H groups in total. The third-order valence-corrected chi connectivity index (χ3v) is 3.23. The van der Waals surface area contributed by atoms with Gasteiger partial charge in [0, 0.05) is 5.02 Å². The Morgan fingerprint density at radius 1 is 1.29 bits per heavy atom. The van der Waals surface area contributed by atoms with Crippen LogP contribution in [0.3, 0.4) is 0 Å². The van der Waals surface area contributed by atoms with Gasteiger partial charge in [0.05, 0.1) is 17.1 Å². The summed E-state index contributed by atoms with van der Waals surface area (Å²) in [5.41, 5.74) is 0.363. The highest BCUT2D eigenvalue weighted by Crippen LogP contribution is 2.25. The Balaban J connectivity index is 2.65. The number of carbonyl (C=O) groups excluding carboxylic acids is 1. The maximum absolute atomic E-state index is 11.9. The summed E-state index contributed by atoms with van der Waals surface area (Å²) in [4.78, 5) is 23.1. The van der Waals surface area contributed by atoms with Crippen LogP contribution in [0, 0.1) is 5.92 Å². The summed E-state index contributed by atoms with van der Waals surface area (Å²) in [5.74, 6) is -1.22. The van der Waals surface area contributed by atoms with Gasteiger partial charge in [0.2, 0.25) is 5.91 Å². The van der Waals surface area contributed by atoms with E-state index in [1.807, 2.05) is 13.8 Å². The van der Waals surface area contributed by atoms with E-state index in [0.29, 0.717) is 22.3 Å². The van der Waals surface area contributed by atoms with Crippen molar-refractivity contribution in [3.05, 3.63) is 28.2 Å². The number of carbonyl (C=O) groups is 2. The second-order valence-electron chi connectivity index (χ2n) is 5.07. The Morgan fingerprint density at radius 2 is 1.95 bits per heavy atom. The number of carboxylic acid groups (broad SMARTS) is 1. The molecule has 0 radical (unpaired) electrons. The zero-order valence-electron chi connectivity index (χ0n) is 11.8. The van der Waals surface area contributed by atoms with Gasteiger partial charge in [-0.15, -0.1) is 0 Å². The monoisotopic (exact) mass is 332 g/mol. The molecule has 0 aliphatic carbocycles. The molecule has 21 heavy (non-hydrogen) atoms. The van der Waals surface area contributed by atoms with E-state index in [4.69, 9.17) is 28.3 Å². The number of carboxylic acids is 1. The van der Waals surface area contributed by atoms with Gasteiger partial charge in [-0.25, -0.2) is 0 Å². The van der Waals surface area contributed by atoms with Crippen LogP contribution >= 0.6 is 23.2 Å². The fourth-order valence-corrected chi connectivity index (χ4v) is 1.94. The third-order valence-electron chi connectivity index (χ3n) is 2.66. The van der Waals surface area contributed by atoms with Gasteiger partial charge in [-0.1, -0.05) is 37.0 Å². The Labute approximate surface area is 133 Å². The van der Waals surface area contributed by atoms with E-state index in [1.165, 1.54) is 6.07 Å². The van der Waals surface area contributed by atoms with Crippen molar-refractivity contribution in [1.29, 1.82) is 0 Å². The van der Waals surface area contributed by atoms with E-state index in [9.17, 15) is 9.59 Å². The van der Waals surface area contributed by atoms with Gasteiger partial charge in [0.25, 0.3) is 0 Å². The van der Waals surface area contributed by atoms with Crippen LogP contribution in [-0.2, 0) is 9.59 Å². The first-order chi connectivity index (χ1) is 9.79. The number of amides is 1. The first-order valence-corrected chi connectivity index (χ1v) is 7.26. The van der Waals surface area contributed by atoms with E-state index in [1.54, 1.807) is 12.1 Å². The highest BCUT2D eigenvalue weighted by Gasteiger charge is 2.21. The van der Waals surface area contributed by atoms with Crippen LogP contribution in [0.25, 0.3) is 0 Å². The largest absolute Gasteiger partial charge is 0.480 e. The molecule has 0 aromatic heterocycles. The Hall–Kier alpha value is -1.30. The molecule has 1 unspecified atom stereocenters. The van der Waals surface area contributed by atoms with Gasteiger partial charge >= 0.3 is 5.97 Å². The molecular formula is C14H18Cl2N2O3. The lowest BCUT2D eigenvalue weighted by Gasteiger charge is -2.16. The molecular weight excluding hydrogens is 315 g/mol. The van der Waals surface area contributed by atoms with Crippen molar-refractivity contribution in [1.82, 2.24) is 5.32 Å². The average molecular weight is 333 g/mol. The van der Waals surface area contributed by atoms with E-state index < -0.39 is 17.9 Å². The molecule has 0 aliphatic rings. The number of nitrogens with one attached hydrogen (secondary N) is 2. The molecule has 1 aromatic rings. The number of anilines is 1. The number of rotatable bonds is 7. The Morgan fingerprint density at radius 3 is 2.52 bits per heavy atom. The van der Waals surface area contributed by atoms with Gasteiger partial charge in [0.1, 0.15) is 6.04 Å². The van der Waals surface area contributed by atoms with Crippen LogP contribution < -0.4 is 10.6 Å². The van der Waals surface area contributed by atoms with E-state index in [2.05, 4.69) is 10.6 Å². The summed E-state index contributed by atoms with van der Waals surface area (Å²) in [5, 5.41) is 15.3. The highest BCUT2D eigenvalue weighted by atomic mass is 35.5. The van der Waals surface area contributed by atoms with Crippen LogP contribution in [0.15, 0.2) is 18.2 Å². The molecule has 116 valence electrons. The smallest absolute Gasteiger partial charge is 0.321 e. The molecule has 0 spiro atoms. The maximum atomic E-state index is 11.9. The van der Waals surface area contributed by atoms with Crippen LogP contribution in [0.5, 0.6) is 0 Å². The quantitative estimate of drug-likeness (QED) is 0.717. The second-order valence-corrected chi connectivity index (χ2v) is 5.91. The van der Waals surface area contributed by atoms with Crippen molar-refractivity contribution in [3.63, 3.8) is 0 Å². The molecule has 7 heteroatoms. The first-order valence-electron chi connectivity index (χ1n) is 6.50. The van der Waals surface area contributed by atoms with Crippen molar-refractivity contribution in [2.45, 2.75) is 26.3 Å². The minimum Gasteiger partial charge on any atom is -0.480 e. The van der Waals surface area contributed by atoms with E-state index >= 15 is 0 Å². The molecule has 0 fully saturated rings. The molecule has 0 saturated heterocycles. The molecule has 0 aliphatic heterocycles. The Bertz CT molecular complexity index is 521. The lowest BCUT2D eigenvalue weighted by atomic mass is 10.1. The van der Waals surface area contributed by atoms with Gasteiger partial charge in [-0.3, -0.25) is 9.59 Å². The summed E-state index contributed by atoms with van der Waals surface area (Å²) in [6, 6.07) is 3.74. The lowest BCUT2D eigenvalue weighted by Crippen LogP contribution is -2.41. The van der Waals surface area contributed by atoms with Crippen LogP contribution in [-0.4, -0.2) is 29.6 Å². The summed E-state index contributed by atoms with van der Waals surface area (Å²) < 4.78 is 0. The van der Waals surface area contributed by atoms with Crippen molar-refractivity contribution < 1.29 is 14.7 Å². The molecule has 0 bridgehead atoms. The second kappa shape index (κ2) is 8.22. The normalized spacial score (nSPS) is 12.2. The number of hydrogen-bond donors (Lipinski definition) is 3. The summed E-state index contributed by atoms with van der Waals surface area (Å²) in [7, 11) is 0. The molecule has 5 nitrogen and oxygen atoms in total. The van der Waals surface area contributed by atoms with Gasteiger partial charge in [0.15, 0.2) is 0 Å². The molecule has 1 amide bonds. The fraction of sp³-hybridized carbons (Fsp3) is 0.429. The number of aliphatic carboxylic acids is 1. The van der Waals surface area contributed by atoms with Crippen molar-refractivity contribution in [3.8, 4) is 0 Å². The highest BCUT2D eigenvalue weighted by molar-refractivity contribution is 6.35. The lowest BCUT2D eigenvalue weighted by molar-refractivity contribution is -0.141. The predicted molar refractivity (Wildman–Crippen MR) is 84.0 cm³/mol. The van der Waals surface area contributed by atoms with Gasteiger partial charge < -0.3 is 15.7 Å². The zero-order chi connectivity index (χ0) is 16.0. The summed E-state index contributed by atoms with van der Waals surface area (Å²) in [6.07, 6.45) is -0.190. The topological polar surface area (TPSA) is 78.4 Å². The van der Waals surface area contributed by atoms with Crippen molar-refractivity contribution in [2.24, 2.45) is 5.92 Å².